The molecule has 2 heterocycles. The zero-order valence-electron chi connectivity index (χ0n) is 19.2. The smallest absolute Gasteiger partial charge is 0.341 e. The summed E-state index contributed by atoms with van der Waals surface area (Å²) in [6.07, 6.45) is -6.62. The summed E-state index contributed by atoms with van der Waals surface area (Å²) in [4.78, 5) is 26.1. The number of carbonyl (C=O) groups excluding carboxylic acids is 2. The number of nitrogens with one attached hydrogen (secondary N) is 2. The third-order valence-electron chi connectivity index (χ3n) is 6.10. The highest BCUT2D eigenvalue weighted by Crippen LogP contribution is 2.43. The van der Waals surface area contributed by atoms with Gasteiger partial charge in [-0.2, -0.15) is 18.3 Å². The topological polar surface area (TPSA) is 76.0 Å². The van der Waals surface area contributed by atoms with Crippen molar-refractivity contribution in [2.24, 2.45) is 0 Å². The van der Waals surface area contributed by atoms with Crippen molar-refractivity contribution in [3.8, 4) is 0 Å². The Hall–Kier alpha value is -4.13. The Balaban J connectivity index is 1.70. The molecule has 3 aromatic carbocycles. The number of alkyl halides is 5. The highest BCUT2D eigenvalue weighted by molar-refractivity contribution is 6.31. The second-order valence-electron chi connectivity index (χ2n) is 8.62. The first kappa shape index (κ1) is 26.5. The Kier molecular flexibility index (Phi) is 6.49. The minimum absolute atomic E-state index is 0.000659. The van der Waals surface area contributed by atoms with Crippen molar-refractivity contribution in [1.29, 1.82) is 0 Å². The summed E-state index contributed by atoms with van der Waals surface area (Å²) in [5.41, 5.74) is -2.27. The second-order valence-corrected chi connectivity index (χ2v) is 9.02. The number of fused-ring (bicyclic) bond motifs is 3. The van der Waals surface area contributed by atoms with Crippen molar-refractivity contribution >= 4 is 40.0 Å². The Bertz CT molecular complexity index is 1650. The zero-order chi connectivity index (χ0) is 28.2. The third kappa shape index (κ3) is 4.89. The average Bonchev–Trinajstić information content (AvgIpc) is 3.40. The van der Waals surface area contributed by atoms with E-state index in [4.69, 9.17) is 11.6 Å². The van der Waals surface area contributed by atoms with Crippen LogP contribution in [0.5, 0.6) is 0 Å². The van der Waals surface area contributed by atoms with Crippen molar-refractivity contribution in [1.82, 2.24) is 15.1 Å². The first-order valence-corrected chi connectivity index (χ1v) is 11.5. The van der Waals surface area contributed by atoms with Gasteiger partial charge in [0.15, 0.2) is 0 Å². The lowest BCUT2D eigenvalue weighted by Crippen LogP contribution is -2.21. The number of anilines is 1. The van der Waals surface area contributed by atoms with Gasteiger partial charge in [-0.3, -0.25) is 14.3 Å². The molecule has 1 aliphatic heterocycles. The maximum atomic E-state index is 14.1. The average molecular weight is 571 g/mol. The van der Waals surface area contributed by atoms with E-state index in [2.05, 4.69) is 15.7 Å². The number of benzene rings is 3. The molecule has 0 spiro atoms. The van der Waals surface area contributed by atoms with Gasteiger partial charge in [-0.05, 0) is 42.5 Å². The molecule has 2 amide bonds. The molecular weight excluding hydrogens is 557 g/mol. The van der Waals surface area contributed by atoms with Crippen molar-refractivity contribution in [2.45, 2.75) is 25.2 Å². The first-order valence-electron chi connectivity index (χ1n) is 11.1. The van der Waals surface area contributed by atoms with Crippen LogP contribution in [0.15, 0.2) is 48.7 Å². The van der Waals surface area contributed by atoms with Crippen LogP contribution in [0, 0.1) is 11.6 Å². The summed E-state index contributed by atoms with van der Waals surface area (Å²) in [6.45, 7) is -0.866. The fraction of sp³-hybridized carbons (Fsp3) is 0.160. The maximum absolute atomic E-state index is 14.1. The maximum Gasteiger partial charge on any atom is 0.416 e. The molecule has 14 heteroatoms. The quantitative estimate of drug-likeness (QED) is 0.275. The monoisotopic (exact) mass is 570 g/mol. The number of nitrogens with zero attached hydrogens (tertiary/aromatic N) is 2. The van der Waals surface area contributed by atoms with Crippen LogP contribution in [0.4, 0.5) is 36.4 Å². The summed E-state index contributed by atoms with van der Waals surface area (Å²) in [6, 6.07) is 4.63. The number of aromatic nitrogens is 2. The molecule has 1 atom stereocenters. The predicted molar refractivity (Wildman–Crippen MR) is 126 cm³/mol. The van der Waals surface area contributed by atoms with Crippen LogP contribution in [0.1, 0.15) is 43.4 Å². The minimum Gasteiger partial charge on any atom is -0.341 e. The molecule has 1 unspecified atom stereocenters. The highest BCUT2D eigenvalue weighted by atomic mass is 35.5. The van der Waals surface area contributed by atoms with E-state index in [0.29, 0.717) is 12.1 Å². The van der Waals surface area contributed by atoms with Crippen LogP contribution in [0.2, 0.25) is 5.02 Å². The lowest BCUT2D eigenvalue weighted by atomic mass is 9.94. The SMILES string of the molecule is O=C(Nc1cc2c(cnn2CC(F)F)c2c1C(c1cc(F)ccc1Cl)NC2=O)c1cc(F)cc(C(F)(F)F)c1. The Labute approximate surface area is 219 Å². The van der Waals surface area contributed by atoms with E-state index in [1.54, 1.807) is 0 Å². The highest BCUT2D eigenvalue weighted by Gasteiger charge is 2.37. The van der Waals surface area contributed by atoms with Gasteiger partial charge < -0.3 is 10.6 Å². The lowest BCUT2D eigenvalue weighted by molar-refractivity contribution is -0.137. The molecule has 5 rings (SSSR count). The summed E-state index contributed by atoms with van der Waals surface area (Å²) < 4.78 is 94.9. The third-order valence-corrected chi connectivity index (χ3v) is 6.44. The van der Waals surface area contributed by atoms with Gasteiger partial charge in [-0.1, -0.05) is 11.6 Å². The van der Waals surface area contributed by atoms with Gasteiger partial charge in [0.25, 0.3) is 18.2 Å². The van der Waals surface area contributed by atoms with Gasteiger partial charge in [0, 0.05) is 32.8 Å². The van der Waals surface area contributed by atoms with Crippen LogP contribution < -0.4 is 10.6 Å². The summed E-state index contributed by atoms with van der Waals surface area (Å²) >= 11 is 6.25. The number of amides is 2. The number of halogens is 8. The van der Waals surface area contributed by atoms with E-state index in [9.17, 15) is 40.3 Å². The predicted octanol–water partition coefficient (Wildman–Crippen LogP) is 6.34. The standard InChI is InChI=1S/C25H14ClF7N4O2/c26-16-2-1-12(27)6-14(16)22-21-17(35-23(38)10-3-11(25(31,32)33)5-13(28)4-10)7-18-15(20(21)24(39)36-22)8-34-37(18)9-19(29)30/h1-8,19,22H,9H2,(H,35,38)(H,36,39). The number of hydrogen-bond acceptors (Lipinski definition) is 3. The molecule has 0 aliphatic carbocycles. The zero-order valence-corrected chi connectivity index (χ0v) is 20.0. The van der Waals surface area contributed by atoms with Crippen LogP contribution in [0.3, 0.4) is 0 Å². The molecule has 6 nitrogen and oxygen atoms in total. The van der Waals surface area contributed by atoms with E-state index >= 15 is 0 Å². The Morgan fingerprint density at radius 2 is 1.85 bits per heavy atom. The van der Waals surface area contributed by atoms with Gasteiger partial charge >= 0.3 is 6.18 Å². The molecule has 1 aromatic heterocycles. The second kappa shape index (κ2) is 9.56. The number of rotatable bonds is 5. The summed E-state index contributed by atoms with van der Waals surface area (Å²) in [7, 11) is 0. The molecule has 4 aromatic rings. The van der Waals surface area contributed by atoms with Crippen LogP contribution >= 0.6 is 11.6 Å². The summed E-state index contributed by atoms with van der Waals surface area (Å²) in [5, 5.41) is 9.01. The summed E-state index contributed by atoms with van der Waals surface area (Å²) in [5.74, 6) is -3.94. The van der Waals surface area contributed by atoms with Crippen molar-refractivity contribution < 1.29 is 40.3 Å². The number of carbonyl (C=O) groups is 2. The molecule has 0 radical (unpaired) electrons. The minimum atomic E-state index is -4.95. The Morgan fingerprint density at radius 1 is 1.10 bits per heavy atom. The molecular formula is C25H14ClF7N4O2. The van der Waals surface area contributed by atoms with Gasteiger partial charge in [0.05, 0.1) is 28.9 Å². The molecule has 0 bridgehead atoms. The molecule has 39 heavy (non-hydrogen) atoms. The molecule has 0 fully saturated rings. The van der Waals surface area contributed by atoms with Gasteiger partial charge in [-0.15, -0.1) is 0 Å². The Morgan fingerprint density at radius 3 is 2.54 bits per heavy atom. The van der Waals surface area contributed by atoms with E-state index in [-0.39, 0.29) is 44.4 Å². The van der Waals surface area contributed by atoms with Gasteiger partial charge in [-0.25, -0.2) is 17.6 Å². The molecule has 1 aliphatic rings. The first-order chi connectivity index (χ1) is 18.3. The van der Waals surface area contributed by atoms with E-state index in [0.717, 1.165) is 16.8 Å². The molecule has 202 valence electrons. The van der Waals surface area contributed by atoms with Crippen molar-refractivity contribution in [3.05, 3.63) is 93.1 Å². The van der Waals surface area contributed by atoms with E-state index in [1.807, 2.05) is 0 Å². The fourth-order valence-electron chi connectivity index (χ4n) is 4.48. The van der Waals surface area contributed by atoms with Crippen LogP contribution in [-0.4, -0.2) is 28.0 Å². The van der Waals surface area contributed by atoms with Crippen LogP contribution in [-0.2, 0) is 12.7 Å². The van der Waals surface area contributed by atoms with Gasteiger partial charge in [0.2, 0.25) is 0 Å². The molecule has 0 saturated carbocycles. The lowest BCUT2D eigenvalue weighted by Gasteiger charge is -2.19. The fourth-order valence-corrected chi connectivity index (χ4v) is 4.71. The van der Waals surface area contributed by atoms with Crippen LogP contribution in [0.25, 0.3) is 10.9 Å². The normalized spacial score (nSPS) is 15.1. The largest absolute Gasteiger partial charge is 0.416 e. The van der Waals surface area contributed by atoms with Crippen molar-refractivity contribution in [3.63, 3.8) is 0 Å². The van der Waals surface area contributed by atoms with E-state index < -0.39 is 59.8 Å². The van der Waals surface area contributed by atoms with Gasteiger partial charge in [0.1, 0.15) is 18.2 Å². The number of hydrogen-bond donors (Lipinski definition) is 2. The van der Waals surface area contributed by atoms with Crippen molar-refractivity contribution in [2.75, 3.05) is 5.32 Å². The van der Waals surface area contributed by atoms with E-state index in [1.165, 1.54) is 18.3 Å². The molecule has 2 N–H and O–H groups in total. The molecule has 0 saturated heterocycles.